The lowest BCUT2D eigenvalue weighted by atomic mass is 10.0. The normalized spacial score (nSPS) is 11.9. The minimum atomic E-state index is 0.538. The molecule has 0 amide bonds. The Morgan fingerprint density at radius 3 is 1.77 bits per heavy atom. The number of para-hydroxylation sites is 3. The molecule has 0 fully saturated rings. The Balaban J connectivity index is 1.06. The Bertz CT molecular complexity index is 3480. The lowest BCUT2D eigenvalue weighted by Gasteiger charge is -2.11. The van der Waals surface area contributed by atoms with Crippen LogP contribution in [0.15, 0.2) is 179 Å². The van der Waals surface area contributed by atoms with Crippen molar-refractivity contribution in [2.75, 3.05) is 0 Å². The van der Waals surface area contributed by atoms with Crippen LogP contribution in [0.1, 0.15) is 0 Å². The van der Waals surface area contributed by atoms with Crippen molar-refractivity contribution in [1.82, 2.24) is 29.5 Å². The van der Waals surface area contributed by atoms with Gasteiger partial charge in [0.25, 0.3) is 0 Å². The second kappa shape index (κ2) is 12.3. The van der Waals surface area contributed by atoms with E-state index in [0.29, 0.717) is 34.6 Å². The van der Waals surface area contributed by atoms with E-state index in [2.05, 4.69) is 59.2 Å². The van der Waals surface area contributed by atoms with Crippen molar-refractivity contribution >= 4 is 65.8 Å². The molecule has 12 aromatic rings. The number of nitrogens with zero attached hydrogens (tertiary/aromatic N) is 6. The van der Waals surface area contributed by atoms with Gasteiger partial charge in [0.15, 0.2) is 23.1 Å². The zero-order chi connectivity index (χ0) is 37.5. The quantitative estimate of drug-likeness (QED) is 0.174. The van der Waals surface area contributed by atoms with Crippen molar-refractivity contribution in [2.45, 2.75) is 0 Å². The van der Waals surface area contributed by atoms with Crippen LogP contribution < -0.4 is 0 Å². The third-order valence-electron chi connectivity index (χ3n) is 10.7. The monoisotopic (exact) mass is 732 g/mol. The molecule has 0 saturated carbocycles. The van der Waals surface area contributed by atoms with Crippen LogP contribution in [0.4, 0.5) is 0 Å². The molecule has 266 valence electrons. The van der Waals surface area contributed by atoms with E-state index in [0.717, 1.165) is 82.6 Å². The highest BCUT2D eigenvalue weighted by Gasteiger charge is 2.22. The summed E-state index contributed by atoms with van der Waals surface area (Å²) < 4.78 is 15.1. The molecule has 8 heteroatoms. The van der Waals surface area contributed by atoms with Crippen molar-refractivity contribution in [3.8, 4) is 51.4 Å². The molecular weight excluding hydrogens is 705 g/mol. The van der Waals surface area contributed by atoms with E-state index in [1.165, 1.54) is 0 Å². The van der Waals surface area contributed by atoms with Crippen LogP contribution in [0.3, 0.4) is 0 Å². The maximum absolute atomic E-state index is 6.62. The van der Waals surface area contributed by atoms with Crippen molar-refractivity contribution in [3.05, 3.63) is 170 Å². The highest BCUT2D eigenvalue weighted by atomic mass is 16.3. The molecule has 0 unspecified atom stereocenters. The summed E-state index contributed by atoms with van der Waals surface area (Å²) in [6, 6.07) is 57.0. The van der Waals surface area contributed by atoms with Gasteiger partial charge in [0, 0.05) is 49.2 Å². The van der Waals surface area contributed by atoms with Gasteiger partial charge in [-0.05, 0) is 42.5 Å². The van der Waals surface area contributed by atoms with Gasteiger partial charge in [-0.1, -0.05) is 127 Å². The molecule has 0 bridgehead atoms. The third kappa shape index (κ3) is 4.91. The van der Waals surface area contributed by atoms with E-state index in [9.17, 15) is 0 Å². The van der Waals surface area contributed by atoms with E-state index in [1.54, 1.807) is 0 Å². The van der Waals surface area contributed by atoms with Crippen molar-refractivity contribution < 1.29 is 8.83 Å². The summed E-state index contributed by atoms with van der Waals surface area (Å²) in [5.74, 6) is 2.25. The van der Waals surface area contributed by atoms with Crippen LogP contribution in [0.25, 0.3) is 117 Å². The van der Waals surface area contributed by atoms with E-state index < -0.39 is 0 Å². The molecule has 0 aliphatic rings. The minimum absolute atomic E-state index is 0.538. The topological polar surface area (TPSA) is 95.7 Å². The van der Waals surface area contributed by atoms with E-state index in [1.807, 2.05) is 115 Å². The van der Waals surface area contributed by atoms with Gasteiger partial charge >= 0.3 is 0 Å². The van der Waals surface area contributed by atoms with Crippen LogP contribution in [0.2, 0.25) is 0 Å². The number of furan rings is 2. The predicted molar refractivity (Wildman–Crippen MR) is 226 cm³/mol. The van der Waals surface area contributed by atoms with Crippen LogP contribution in [-0.4, -0.2) is 29.5 Å². The standard InChI is InChI=1S/C49H28N6O2/c1-3-14-29(15-4-1)43-45-44(35-20-9-12-24-39(35)57-45)51-48(50-43)36-21-13-25-40-42(36)34-27-26-31(28-41(34)56-40)47-52-46(30-16-5-2-6-17-30)53-49(54-47)55-37-22-10-7-18-32(37)33-19-8-11-23-38(33)55/h1-28H. The van der Waals surface area contributed by atoms with Gasteiger partial charge < -0.3 is 8.83 Å². The van der Waals surface area contributed by atoms with Crippen LogP contribution in [-0.2, 0) is 0 Å². The summed E-state index contributed by atoms with van der Waals surface area (Å²) in [7, 11) is 0. The van der Waals surface area contributed by atoms with Crippen LogP contribution >= 0.6 is 0 Å². The average molecular weight is 733 g/mol. The zero-order valence-corrected chi connectivity index (χ0v) is 30.2. The molecule has 8 nitrogen and oxygen atoms in total. The summed E-state index contributed by atoms with van der Waals surface area (Å²) in [4.78, 5) is 25.6. The summed E-state index contributed by atoms with van der Waals surface area (Å²) >= 11 is 0. The Morgan fingerprint density at radius 1 is 0.386 bits per heavy atom. The van der Waals surface area contributed by atoms with Gasteiger partial charge in [-0.3, -0.25) is 4.57 Å². The summed E-state index contributed by atoms with van der Waals surface area (Å²) in [6.45, 7) is 0. The molecule has 5 aromatic heterocycles. The Kier molecular flexibility index (Phi) is 6.76. The van der Waals surface area contributed by atoms with Gasteiger partial charge in [-0.25, -0.2) is 15.0 Å². The molecule has 5 heterocycles. The molecular formula is C49H28N6O2. The number of aromatic nitrogens is 6. The molecule has 0 saturated heterocycles. The van der Waals surface area contributed by atoms with Crippen molar-refractivity contribution in [3.63, 3.8) is 0 Å². The first-order chi connectivity index (χ1) is 28.2. The molecule has 0 N–H and O–H groups in total. The highest BCUT2D eigenvalue weighted by molar-refractivity contribution is 6.14. The van der Waals surface area contributed by atoms with Gasteiger partial charge in [0.05, 0.1) is 11.0 Å². The number of hydrogen-bond acceptors (Lipinski definition) is 7. The molecule has 0 aliphatic carbocycles. The Hall–Kier alpha value is -7.97. The zero-order valence-electron chi connectivity index (χ0n) is 30.2. The fourth-order valence-electron chi connectivity index (χ4n) is 8.10. The maximum atomic E-state index is 6.62. The first kappa shape index (κ1) is 31.4. The maximum Gasteiger partial charge on any atom is 0.238 e. The summed E-state index contributed by atoms with van der Waals surface area (Å²) in [5.41, 5.74) is 9.93. The van der Waals surface area contributed by atoms with E-state index in [4.69, 9.17) is 33.8 Å². The smallest absolute Gasteiger partial charge is 0.238 e. The largest absolute Gasteiger partial charge is 0.456 e. The molecule has 0 atom stereocenters. The predicted octanol–water partition coefficient (Wildman–Crippen LogP) is 12.2. The van der Waals surface area contributed by atoms with Gasteiger partial charge in [0.1, 0.15) is 28.0 Å². The van der Waals surface area contributed by atoms with Crippen LogP contribution in [0, 0.1) is 0 Å². The second-order valence-corrected chi connectivity index (χ2v) is 14.0. The van der Waals surface area contributed by atoms with Gasteiger partial charge in [-0.2, -0.15) is 9.97 Å². The Morgan fingerprint density at radius 2 is 1.02 bits per heavy atom. The fourth-order valence-corrected chi connectivity index (χ4v) is 8.10. The molecule has 0 spiro atoms. The van der Waals surface area contributed by atoms with E-state index >= 15 is 0 Å². The lowest BCUT2D eigenvalue weighted by molar-refractivity contribution is 0.667. The Labute approximate surface area is 324 Å². The highest BCUT2D eigenvalue weighted by Crippen LogP contribution is 2.41. The SMILES string of the molecule is c1ccc(-c2nc(-c3ccc4c(c3)oc3cccc(-c5nc(-c6ccccc6)c6oc7ccccc7c6n5)c34)nc(-n3c4ccccc4c4ccccc43)n2)cc1. The van der Waals surface area contributed by atoms with Gasteiger partial charge in [0.2, 0.25) is 5.95 Å². The third-order valence-corrected chi connectivity index (χ3v) is 10.7. The van der Waals surface area contributed by atoms with E-state index in [-0.39, 0.29) is 0 Å². The lowest BCUT2D eigenvalue weighted by Crippen LogP contribution is -2.06. The first-order valence-electron chi connectivity index (χ1n) is 18.8. The molecule has 0 aliphatic heterocycles. The molecule has 7 aromatic carbocycles. The second-order valence-electron chi connectivity index (χ2n) is 14.0. The van der Waals surface area contributed by atoms with Crippen LogP contribution in [0.5, 0.6) is 0 Å². The molecule has 57 heavy (non-hydrogen) atoms. The summed E-state index contributed by atoms with van der Waals surface area (Å²) in [5, 5.41) is 5.07. The first-order valence-corrected chi connectivity index (χ1v) is 18.8. The van der Waals surface area contributed by atoms with Gasteiger partial charge in [-0.15, -0.1) is 0 Å². The number of fused-ring (bicyclic) bond motifs is 9. The molecule has 12 rings (SSSR count). The minimum Gasteiger partial charge on any atom is -0.456 e. The van der Waals surface area contributed by atoms with Crippen molar-refractivity contribution in [2.24, 2.45) is 0 Å². The molecule has 0 radical (unpaired) electrons. The van der Waals surface area contributed by atoms with Crippen molar-refractivity contribution in [1.29, 1.82) is 0 Å². The summed E-state index contributed by atoms with van der Waals surface area (Å²) in [6.07, 6.45) is 0. The number of benzene rings is 7. The fraction of sp³-hybridized carbons (Fsp3) is 0. The number of hydrogen-bond donors (Lipinski definition) is 0. The average Bonchev–Trinajstić information content (AvgIpc) is 3.96. The number of rotatable bonds is 5.